The van der Waals surface area contributed by atoms with Gasteiger partial charge < -0.3 is 14.9 Å². The first-order valence-corrected chi connectivity index (χ1v) is 12.0. The van der Waals surface area contributed by atoms with E-state index in [2.05, 4.69) is 20.4 Å². The number of aliphatic hydroxyl groups is 2. The summed E-state index contributed by atoms with van der Waals surface area (Å²) in [6.07, 6.45) is -0.721. The molecule has 1 aliphatic rings. The number of rotatable bonds is 5. The van der Waals surface area contributed by atoms with Crippen molar-refractivity contribution in [2.24, 2.45) is 0 Å². The van der Waals surface area contributed by atoms with E-state index in [-0.39, 0.29) is 11.4 Å². The number of hydrogen-bond acceptors (Lipinski definition) is 7. The lowest BCUT2D eigenvalue weighted by Crippen LogP contribution is -2.45. The summed E-state index contributed by atoms with van der Waals surface area (Å²) >= 11 is 12.0. The van der Waals surface area contributed by atoms with E-state index in [1.54, 1.807) is 36.0 Å². The number of halogens is 3. The highest BCUT2D eigenvalue weighted by Crippen LogP contribution is 2.38. The maximum absolute atomic E-state index is 14.0. The Kier molecular flexibility index (Phi) is 6.80. The van der Waals surface area contributed by atoms with Gasteiger partial charge in [-0.25, -0.2) is 18.7 Å². The number of ether oxygens (including phenoxy) is 1. The second kappa shape index (κ2) is 9.87. The maximum Gasteiger partial charge on any atom is 0.161 e. The Labute approximate surface area is 216 Å². The molecule has 2 aromatic carbocycles. The molecule has 0 aliphatic carbocycles. The van der Waals surface area contributed by atoms with Crippen LogP contribution in [0.25, 0.3) is 16.9 Å². The molecule has 1 saturated heterocycles. The van der Waals surface area contributed by atoms with E-state index in [0.29, 0.717) is 27.9 Å². The predicted molar refractivity (Wildman–Crippen MR) is 131 cm³/mol. The van der Waals surface area contributed by atoms with Gasteiger partial charge in [-0.3, -0.25) is 0 Å². The number of hydrogen-bond donors (Lipinski definition) is 2. The molecule has 4 unspecified atom stereocenters. The van der Waals surface area contributed by atoms with Gasteiger partial charge >= 0.3 is 0 Å². The van der Waals surface area contributed by atoms with Crippen molar-refractivity contribution in [3.63, 3.8) is 0 Å². The van der Waals surface area contributed by atoms with E-state index in [9.17, 15) is 14.6 Å². The normalized spacial score (nSPS) is 22.2. The fourth-order valence-corrected chi connectivity index (χ4v) is 4.67. The molecule has 0 spiro atoms. The van der Waals surface area contributed by atoms with Crippen molar-refractivity contribution in [3.05, 3.63) is 75.7 Å². The molecular weight excluding hydrogens is 510 g/mol. The largest absolute Gasteiger partial charge is 0.394 e. The molecule has 2 N–H and O–H groups in total. The van der Waals surface area contributed by atoms with Gasteiger partial charge in [-0.15, -0.1) is 5.10 Å². The van der Waals surface area contributed by atoms with Gasteiger partial charge in [-0.2, -0.15) is 5.10 Å². The molecule has 188 valence electrons. The Balaban J connectivity index is 1.50. The molecule has 5 rings (SSSR count). The molecule has 2 aromatic heterocycles. The van der Waals surface area contributed by atoms with Crippen molar-refractivity contribution < 1.29 is 19.3 Å². The third-order valence-corrected chi connectivity index (χ3v) is 6.78. The summed E-state index contributed by atoms with van der Waals surface area (Å²) < 4.78 is 23.2. The second-order valence-electron chi connectivity index (χ2n) is 8.71. The smallest absolute Gasteiger partial charge is 0.161 e. The predicted octanol–water partition coefficient (Wildman–Crippen LogP) is 4.01. The van der Waals surface area contributed by atoms with E-state index in [1.165, 1.54) is 16.8 Å². The lowest BCUT2D eigenvalue weighted by Gasteiger charge is -2.38. The summed E-state index contributed by atoms with van der Waals surface area (Å²) in [5.41, 5.74) is 2.59. The van der Waals surface area contributed by atoms with Crippen molar-refractivity contribution >= 4 is 23.2 Å². The summed E-state index contributed by atoms with van der Waals surface area (Å²) in [5, 5.41) is 34.4. The van der Waals surface area contributed by atoms with Crippen LogP contribution in [-0.4, -0.2) is 58.8 Å². The van der Waals surface area contributed by atoms with Crippen LogP contribution in [0.4, 0.5) is 4.39 Å². The molecule has 0 amide bonds. The van der Waals surface area contributed by atoms with E-state index >= 15 is 0 Å². The Morgan fingerprint density at radius 3 is 2.72 bits per heavy atom. The van der Waals surface area contributed by atoms with E-state index in [0.717, 1.165) is 11.3 Å². The zero-order valence-electron chi connectivity index (χ0n) is 19.4. The first kappa shape index (κ1) is 24.8. The summed E-state index contributed by atoms with van der Waals surface area (Å²) in [6.45, 7) is 3.29. The van der Waals surface area contributed by atoms with Crippen molar-refractivity contribution in [1.29, 1.82) is 0 Å². The van der Waals surface area contributed by atoms with Crippen LogP contribution in [0.3, 0.4) is 0 Å². The average Bonchev–Trinajstić information content (AvgIpc) is 3.50. The minimum atomic E-state index is -1.08. The molecule has 1 aliphatic heterocycles. The summed E-state index contributed by atoms with van der Waals surface area (Å²) in [4.78, 5) is 4.60. The highest BCUT2D eigenvalue weighted by molar-refractivity contribution is 6.31. The van der Waals surface area contributed by atoms with Crippen LogP contribution < -0.4 is 0 Å². The van der Waals surface area contributed by atoms with Gasteiger partial charge in [0.25, 0.3) is 0 Å². The Hall–Kier alpha value is -2.89. The quantitative estimate of drug-likeness (QED) is 0.399. The van der Waals surface area contributed by atoms with Crippen molar-refractivity contribution in [2.75, 3.05) is 6.61 Å². The molecule has 12 heteroatoms. The number of aliphatic hydroxyl groups excluding tert-OH is 2. The first-order valence-electron chi connectivity index (χ1n) is 11.3. The number of aromatic nitrogens is 6. The minimum absolute atomic E-state index is 0.00830. The van der Waals surface area contributed by atoms with E-state index in [1.807, 2.05) is 13.0 Å². The molecule has 36 heavy (non-hydrogen) atoms. The van der Waals surface area contributed by atoms with Crippen LogP contribution >= 0.6 is 23.2 Å². The van der Waals surface area contributed by atoms with Gasteiger partial charge in [0, 0.05) is 17.0 Å². The molecule has 3 heterocycles. The zero-order valence-corrected chi connectivity index (χ0v) is 20.9. The maximum atomic E-state index is 14.0. The Morgan fingerprint density at radius 1 is 1.17 bits per heavy atom. The summed E-state index contributed by atoms with van der Waals surface area (Å²) in [6, 6.07) is 9.23. The standard InChI is InChI=1S/C24H23Cl2FN6O3/c1-12-3-5-15(25)8-19(12)33-24(28-13(2)30-33)21-9-20(23(35)22(11-34)36-21)32-10-18(29-31-32)14-4-6-16(26)17(27)7-14/h3-8,10,20-23,34-35H,9,11H2,1-2H3. The van der Waals surface area contributed by atoms with Crippen LogP contribution in [0.5, 0.6) is 0 Å². The minimum Gasteiger partial charge on any atom is -0.394 e. The molecular formula is C24H23Cl2FN6O3. The molecule has 0 bridgehead atoms. The lowest BCUT2D eigenvalue weighted by molar-refractivity contribution is -0.161. The highest BCUT2D eigenvalue weighted by atomic mass is 35.5. The zero-order chi connectivity index (χ0) is 25.6. The van der Waals surface area contributed by atoms with Gasteiger partial charge in [0.1, 0.15) is 35.6 Å². The number of aryl methyl sites for hydroxylation is 2. The average molecular weight is 533 g/mol. The second-order valence-corrected chi connectivity index (χ2v) is 9.56. The molecule has 0 radical (unpaired) electrons. The van der Waals surface area contributed by atoms with Crippen LogP contribution in [0.2, 0.25) is 10.0 Å². The summed E-state index contributed by atoms with van der Waals surface area (Å²) in [5.74, 6) is 0.471. The monoisotopic (exact) mass is 532 g/mol. The SMILES string of the molecule is Cc1nc(C2CC(n3cc(-c4ccc(Cl)c(F)c4)nn3)C(O)C(CO)O2)n(-c2cc(Cl)ccc2C)n1. The first-order chi connectivity index (χ1) is 17.2. The lowest BCUT2D eigenvalue weighted by atomic mass is 9.95. The van der Waals surface area contributed by atoms with Gasteiger partial charge in [0.2, 0.25) is 0 Å². The van der Waals surface area contributed by atoms with Crippen LogP contribution in [-0.2, 0) is 4.74 Å². The number of benzene rings is 2. The third-order valence-electron chi connectivity index (χ3n) is 6.24. The van der Waals surface area contributed by atoms with Crippen molar-refractivity contribution in [2.45, 2.75) is 44.6 Å². The van der Waals surface area contributed by atoms with Crippen molar-refractivity contribution in [1.82, 2.24) is 29.8 Å². The van der Waals surface area contributed by atoms with Gasteiger partial charge in [-0.1, -0.05) is 40.5 Å². The Bertz CT molecular complexity index is 1410. The van der Waals surface area contributed by atoms with Gasteiger partial charge in [-0.05, 0) is 43.7 Å². The van der Waals surface area contributed by atoms with Gasteiger partial charge in [0.15, 0.2) is 5.82 Å². The third kappa shape index (κ3) is 4.62. The number of nitrogens with zero attached hydrogens (tertiary/aromatic N) is 6. The van der Waals surface area contributed by atoms with Crippen LogP contribution in [0.1, 0.15) is 35.8 Å². The van der Waals surface area contributed by atoms with Crippen LogP contribution in [0, 0.1) is 19.7 Å². The molecule has 4 aromatic rings. The molecule has 1 fully saturated rings. The fourth-order valence-electron chi connectivity index (χ4n) is 4.39. The van der Waals surface area contributed by atoms with E-state index < -0.39 is 36.8 Å². The molecule has 0 saturated carbocycles. The highest BCUT2D eigenvalue weighted by Gasteiger charge is 2.41. The summed E-state index contributed by atoms with van der Waals surface area (Å²) in [7, 11) is 0. The fraction of sp³-hybridized carbons (Fsp3) is 0.333. The van der Waals surface area contributed by atoms with Gasteiger partial charge in [0.05, 0.1) is 29.6 Å². The Morgan fingerprint density at radius 2 is 1.97 bits per heavy atom. The van der Waals surface area contributed by atoms with E-state index in [4.69, 9.17) is 27.9 Å². The topological polar surface area (TPSA) is 111 Å². The molecule has 4 atom stereocenters. The van der Waals surface area contributed by atoms with Crippen LogP contribution in [0.15, 0.2) is 42.6 Å². The molecule has 9 nitrogen and oxygen atoms in total. The van der Waals surface area contributed by atoms with Crippen molar-refractivity contribution in [3.8, 4) is 16.9 Å².